The van der Waals surface area contributed by atoms with Gasteiger partial charge in [0, 0.05) is 33.8 Å². The first-order chi connectivity index (χ1) is 9.11. The lowest BCUT2D eigenvalue weighted by molar-refractivity contribution is 0.864. The molecule has 4 nitrogen and oxygen atoms in total. The van der Waals surface area contributed by atoms with Crippen molar-refractivity contribution >= 4 is 38.9 Å². The smallest absolute Gasteiger partial charge is 0.136 e. The van der Waals surface area contributed by atoms with Gasteiger partial charge in [-0.2, -0.15) is 0 Å². The zero-order chi connectivity index (χ0) is 13.4. The maximum Gasteiger partial charge on any atom is 0.136 e. The van der Waals surface area contributed by atoms with E-state index in [1.807, 2.05) is 13.1 Å². The van der Waals surface area contributed by atoms with Crippen LogP contribution in [0.2, 0.25) is 0 Å². The summed E-state index contributed by atoms with van der Waals surface area (Å²) in [6.07, 6.45) is 2.37. The van der Waals surface area contributed by atoms with E-state index in [-0.39, 0.29) is 0 Å². The van der Waals surface area contributed by atoms with E-state index in [0.29, 0.717) is 11.7 Å². The molecule has 2 aromatic rings. The fourth-order valence-electron chi connectivity index (χ4n) is 1.94. The molecular weight excluding hydrogens is 324 g/mol. The SMILES string of the molecule is CN(Cc1cc(Br)cs1)c1cc(N)nc(C2CC2)n1. The van der Waals surface area contributed by atoms with Crippen LogP contribution in [0.3, 0.4) is 0 Å². The van der Waals surface area contributed by atoms with Crippen molar-refractivity contribution in [2.45, 2.75) is 25.3 Å². The molecule has 2 heterocycles. The van der Waals surface area contributed by atoms with Crippen LogP contribution < -0.4 is 10.6 Å². The molecule has 0 aliphatic heterocycles. The van der Waals surface area contributed by atoms with E-state index < -0.39 is 0 Å². The summed E-state index contributed by atoms with van der Waals surface area (Å²) in [5.41, 5.74) is 5.88. The Kier molecular flexibility index (Phi) is 3.45. The molecule has 0 spiro atoms. The van der Waals surface area contributed by atoms with Gasteiger partial charge in [-0.25, -0.2) is 9.97 Å². The summed E-state index contributed by atoms with van der Waals surface area (Å²) in [4.78, 5) is 12.4. The topological polar surface area (TPSA) is 55.0 Å². The average Bonchev–Trinajstić information content (AvgIpc) is 3.13. The van der Waals surface area contributed by atoms with Crippen LogP contribution in [0.15, 0.2) is 22.0 Å². The lowest BCUT2D eigenvalue weighted by Crippen LogP contribution is -2.18. The van der Waals surface area contributed by atoms with Gasteiger partial charge in [0.1, 0.15) is 17.5 Å². The molecule has 0 saturated heterocycles. The standard InChI is InChI=1S/C13H15BrN4S/c1-18(6-10-4-9(14)7-19-10)12-5-11(15)16-13(17-12)8-2-3-8/h4-5,7-8H,2-3,6H2,1H3,(H2,15,16,17). The van der Waals surface area contributed by atoms with Crippen LogP contribution in [-0.4, -0.2) is 17.0 Å². The molecule has 0 radical (unpaired) electrons. The van der Waals surface area contributed by atoms with Crippen molar-refractivity contribution in [3.63, 3.8) is 0 Å². The van der Waals surface area contributed by atoms with Crippen LogP contribution in [0, 0.1) is 0 Å². The van der Waals surface area contributed by atoms with Gasteiger partial charge in [-0.1, -0.05) is 0 Å². The van der Waals surface area contributed by atoms with Crippen molar-refractivity contribution in [3.8, 4) is 0 Å². The van der Waals surface area contributed by atoms with E-state index in [0.717, 1.165) is 22.7 Å². The van der Waals surface area contributed by atoms with Crippen LogP contribution in [0.1, 0.15) is 29.5 Å². The molecule has 3 rings (SSSR count). The van der Waals surface area contributed by atoms with Crippen LogP contribution >= 0.6 is 27.3 Å². The Labute approximate surface area is 124 Å². The highest BCUT2D eigenvalue weighted by Crippen LogP contribution is 2.39. The predicted molar refractivity (Wildman–Crippen MR) is 82.5 cm³/mol. The first-order valence-electron chi connectivity index (χ1n) is 6.20. The Morgan fingerprint density at radius 3 is 2.84 bits per heavy atom. The van der Waals surface area contributed by atoms with E-state index in [9.17, 15) is 0 Å². The summed E-state index contributed by atoms with van der Waals surface area (Å²) in [6, 6.07) is 3.97. The second kappa shape index (κ2) is 5.09. The Bertz CT molecular complexity index is 594. The van der Waals surface area contributed by atoms with Gasteiger partial charge in [0.2, 0.25) is 0 Å². The van der Waals surface area contributed by atoms with Gasteiger partial charge >= 0.3 is 0 Å². The third-order valence-electron chi connectivity index (χ3n) is 3.10. The normalized spacial score (nSPS) is 14.6. The number of rotatable bonds is 4. The van der Waals surface area contributed by atoms with Gasteiger partial charge in [-0.05, 0) is 34.8 Å². The Morgan fingerprint density at radius 1 is 1.42 bits per heavy atom. The molecule has 1 aliphatic carbocycles. The quantitative estimate of drug-likeness (QED) is 0.928. The van der Waals surface area contributed by atoms with Gasteiger partial charge < -0.3 is 10.6 Å². The highest BCUT2D eigenvalue weighted by Gasteiger charge is 2.27. The van der Waals surface area contributed by atoms with E-state index >= 15 is 0 Å². The first-order valence-corrected chi connectivity index (χ1v) is 7.87. The Balaban J connectivity index is 1.80. The molecule has 1 saturated carbocycles. The number of hydrogen-bond donors (Lipinski definition) is 1. The number of anilines is 2. The molecule has 0 aromatic carbocycles. The van der Waals surface area contributed by atoms with Gasteiger partial charge in [-0.3, -0.25) is 0 Å². The molecule has 19 heavy (non-hydrogen) atoms. The van der Waals surface area contributed by atoms with E-state index in [1.165, 1.54) is 17.7 Å². The highest BCUT2D eigenvalue weighted by molar-refractivity contribution is 9.10. The molecule has 0 unspecified atom stereocenters. The molecule has 1 fully saturated rings. The molecule has 0 atom stereocenters. The number of hydrogen-bond acceptors (Lipinski definition) is 5. The van der Waals surface area contributed by atoms with E-state index in [2.05, 4.69) is 42.2 Å². The molecule has 1 aliphatic rings. The molecule has 2 aromatic heterocycles. The second-order valence-electron chi connectivity index (χ2n) is 4.87. The van der Waals surface area contributed by atoms with E-state index in [4.69, 9.17) is 5.73 Å². The molecule has 2 N–H and O–H groups in total. The summed E-state index contributed by atoms with van der Waals surface area (Å²) in [5.74, 6) is 2.88. The number of nitrogens with zero attached hydrogens (tertiary/aromatic N) is 3. The first kappa shape index (κ1) is 12.9. The largest absolute Gasteiger partial charge is 0.384 e. The van der Waals surface area contributed by atoms with Crippen molar-refractivity contribution in [1.29, 1.82) is 0 Å². The second-order valence-corrected chi connectivity index (χ2v) is 6.78. The van der Waals surface area contributed by atoms with Crippen molar-refractivity contribution in [2.75, 3.05) is 17.7 Å². The predicted octanol–water partition coefficient (Wildman–Crippen LogP) is 3.40. The maximum atomic E-state index is 5.88. The summed E-state index contributed by atoms with van der Waals surface area (Å²) in [7, 11) is 2.03. The fraction of sp³-hybridized carbons (Fsp3) is 0.385. The lowest BCUT2D eigenvalue weighted by Gasteiger charge is -2.18. The highest BCUT2D eigenvalue weighted by atomic mass is 79.9. The zero-order valence-corrected chi connectivity index (χ0v) is 13.0. The van der Waals surface area contributed by atoms with Gasteiger partial charge in [-0.15, -0.1) is 11.3 Å². The summed E-state index contributed by atoms with van der Waals surface area (Å²) >= 11 is 5.21. The fourth-order valence-corrected chi connectivity index (χ4v) is 3.45. The minimum absolute atomic E-state index is 0.520. The molecular formula is C13H15BrN4S. The Hall–Kier alpha value is -1.14. The van der Waals surface area contributed by atoms with Gasteiger partial charge in [0.05, 0.1) is 6.54 Å². The van der Waals surface area contributed by atoms with E-state index in [1.54, 1.807) is 11.3 Å². The zero-order valence-electron chi connectivity index (χ0n) is 10.6. The van der Waals surface area contributed by atoms with Crippen LogP contribution in [0.4, 0.5) is 11.6 Å². The van der Waals surface area contributed by atoms with Crippen LogP contribution in [0.25, 0.3) is 0 Å². The number of thiophene rings is 1. The third-order valence-corrected chi connectivity index (χ3v) is 4.78. The van der Waals surface area contributed by atoms with Crippen LogP contribution in [-0.2, 0) is 6.54 Å². The number of nitrogens with two attached hydrogens (primary N) is 1. The summed E-state index contributed by atoms with van der Waals surface area (Å²) in [6.45, 7) is 0.830. The maximum absolute atomic E-state index is 5.88. The molecule has 0 bridgehead atoms. The van der Waals surface area contributed by atoms with Gasteiger partial charge in [0.15, 0.2) is 0 Å². The third kappa shape index (κ3) is 3.06. The van der Waals surface area contributed by atoms with Crippen molar-refractivity contribution in [1.82, 2.24) is 9.97 Å². The molecule has 0 amide bonds. The molecule has 100 valence electrons. The minimum Gasteiger partial charge on any atom is -0.384 e. The Morgan fingerprint density at radius 2 is 2.21 bits per heavy atom. The molecule has 6 heteroatoms. The number of aromatic nitrogens is 2. The number of nitrogen functional groups attached to an aromatic ring is 1. The summed E-state index contributed by atoms with van der Waals surface area (Å²) in [5, 5.41) is 2.09. The lowest BCUT2D eigenvalue weighted by atomic mass is 10.3. The summed E-state index contributed by atoms with van der Waals surface area (Å²) < 4.78 is 1.13. The van der Waals surface area contributed by atoms with Crippen molar-refractivity contribution < 1.29 is 0 Å². The number of halogens is 1. The van der Waals surface area contributed by atoms with Crippen molar-refractivity contribution in [3.05, 3.63) is 32.7 Å². The monoisotopic (exact) mass is 338 g/mol. The average molecular weight is 339 g/mol. The van der Waals surface area contributed by atoms with Crippen molar-refractivity contribution in [2.24, 2.45) is 0 Å². The van der Waals surface area contributed by atoms with Crippen LogP contribution in [0.5, 0.6) is 0 Å². The minimum atomic E-state index is 0.520. The van der Waals surface area contributed by atoms with Gasteiger partial charge in [0.25, 0.3) is 0 Å².